The number of aliphatic hydroxyl groups is 1. The van der Waals surface area contributed by atoms with E-state index in [9.17, 15) is 9.90 Å². The molecular formula is C24H40N2O2. The van der Waals surface area contributed by atoms with Gasteiger partial charge in [0.1, 0.15) is 11.6 Å². The van der Waals surface area contributed by atoms with Crippen LogP contribution in [-0.4, -0.2) is 36.4 Å². The van der Waals surface area contributed by atoms with Crippen molar-refractivity contribution >= 4 is 11.6 Å². The van der Waals surface area contributed by atoms with Gasteiger partial charge in [-0.25, -0.2) is 0 Å². The van der Waals surface area contributed by atoms with Crippen LogP contribution in [0.5, 0.6) is 0 Å². The van der Waals surface area contributed by atoms with Crippen molar-refractivity contribution in [2.45, 2.75) is 83.7 Å². The Morgan fingerprint density at radius 3 is 2.50 bits per heavy atom. The predicted octanol–water partition coefficient (Wildman–Crippen LogP) is 4.21. The molecule has 0 amide bonds. The first kappa shape index (κ1) is 20.4. The number of hydrogen-bond acceptors (Lipinski definition) is 3. The highest BCUT2D eigenvalue weighted by atomic mass is 16.3. The highest BCUT2D eigenvalue weighted by Gasteiger charge is 2.58. The quantitative estimate of drug-likeness (QED) is 0.562. The van der Waals surface area contributed by atoms with Crippen molar-refractivity contribution in [3.63, 3.8) is 0 Å². The first-order chi connectivity index (χ1) is 13.3. The largest absolute Gasteiger partial charge is 0.390 e. The van der Waals surface area contributed by atoms with Gasteiger partial charge in [-0.3, -0.25) is 9.79 Å². The number of aliphatic imine (C=N–C) groups is 1. The van der Waals surface area contributed by atoms with E-state index in [4.69, 9.17) is 0 Å². The van der Waals surface area contributed by atoms with Gasteiger partial charge in [-0.05, 0) is 99.7 Å². The number of nitrogens with zero attached hydrogens (tertiary/aromatic N) is 1. The molecule has 0 aromatic heterocycles. The second kappa shape index (κ2) is 7.41. The fourth-order valence-corrected chi connectivity index (χ4v) is 8.18. The molecule has 0 radical (unpaired) electrons. The number of ketones is 1. The number of nitrogens with one attached hydrogen (secondary N) is 1. The van der Waals surface area contributed by atoms with Crippen molar-refractivity contribution in [2.24, 2.45) is 45.9 Å². The van der Waals surface area contributed by atoms with Crippen molar-refractivity contribution < 1.29 is 9.90 Å². The van der Waals surface area contributed by atoms with E-state index in [2.05, 4.69) is 17.2 Å². The summed E-state index contributed by atoms with van der Waals surface area (Å²) in [5.74, 6) is 5.36. The molecule has 4 fully saturated rings. The number of carbonyl (C=O) groups is 1. The molecule has 158 valence electrons. The molecule has 28 heavy (non-hydrogen) atoms. The minimum Gasteiger partial charge on any atom is -0.390 e. The van der Waals surface area contributed by atoms with Crippen LogP contribution in [0.2, 0.25) is 0 Å². The van der Waals surface area contributed by atoms with Gasteiger partial charge in [0, 0.05) is 20.0 Å². The lowest BCUT2D eigenvalue weighted by Gasteiger charge is -2.56. The minimum absolute atomic E-state index is 0.192. The molecule has 0 heterocycles. The molecule has 0 aromatic rings. The summed E-state index contributed by atoms with van der Waals surface area (Å²) in [4.78, 5) is 17.4. The Hall–Kier alpha value is -0.900. The summed E-state index contributed by atoms with van der Waals surface area (Å²) in [6, 6.07) is 0. The zero-order valence-electron chi connectivity index (χ0n) is 18.3. The third-order valence-electron chi connectivity index (χ3n) is 9.53. The average molecular weight is 389 g/mol. The van der Waals surface area contributed by atoms with Crippen molar-refractivity contribution in [1.29, 1.82) is 0 Å². The van der Waals surface area contributed by atoms with E-state index in [0.717, 1.165) is 54.7 Å². The molecule has 8 atom stereocenters. The molecule has 4 nitrogen and oxygen atoms in total. The standard InChI is InChI=1S/C24H40N2O2/c1-23(28)11-9-16-15(14-23)5-6-18-17(16)10-12-24(2)19(18)7-8-20(24)21(27)13-22(25-3)26-4/h15-20,28H,5-14H2,1-4H3,(H,25,26). The maximum atomic E-state index is 13.1. The highest BCUT2D eigenvalue weighted by Crippen LogP contribution is 2.64. The fourth-order valence-electron chi connectivity index (χ4n) is 8.18. The van der Waals surface area contributed by atoms with Gasteiger partial charge in [-0.15, -0.1) is 0 Å². The second-order valence-corrected chi connectivity index (χ2v) is 10.9. The number of fused-ring (bicyclic) bond motifs is 5. The van der Waals surface area contributed by atoms with Crippen molar-refractivity contribution in [2.75, 3.05) is 14.1 Å². The Labute approximate surface area is 171 Å². The van der Waals surface area contributed by atoms with Crippen LogP contribution in [0.4, 0.5) is 0 Å². The van der Waals surface area contributed by atoms with Crippen LogP contribution in [0, 0.1) is 40.9 Å². The normalized spacial score (nSPS) is 48.4. The summed E-state index contributed by atoms with van der Waals surface area (Å²) in [7, 11) is 3.63. The summed E-state index contributed by atoms with van der Waals surface area (Å²) < 4.78 is 0. The molecule has 0 saturated heterocycles. The summed E-state index contributed by atoms with van der Waals surface area (Å²) in [5, 5.41) is 13.6. The molecule has 4 aliphatic carbocycles. The lowest BCUT2D eigenvalue weighted by Crippen LogP contribution is -2.51. The fraction of sp³-hybridized carbons (Fsp3) is 0.917. The van der Waals surface area contributed by atoms with Crippen LogP contribution in [-0.2, 0) is 4.79 Å². The van der Waals surface area contributed by atoms with E-state index in [0.29, 0.717) is 12.2 Å². The summed E-state index contributed by atoms with van der Waals surface area (Å²) in [6.07, 6.45) is 11.1. The predicted molar refractivity (Wildman–Crippen MR) is 113 cm³/mol. The number of carbonyl (C=O) groups excluding carboxylic acids is 1. The third-order valence-corrected chi connectivity index (χ3v) is 9.53. The van der Waals surface area contributed by atoms with Gasteiger partial charge in [-0.1, -0.05) is 6.92 Å². The molecule has 4 aliphatic rings. The Kier molecular flexibility index (Phi) is 5.39. The summed E-state index contributed by atoms with van der Waals surface area (Å²) >= 11 is 0. The van der Waals surface area contributed by atoms with E-state index in [1.54, 1.807) is 7.05 Å². The smallest absolute Gasteiger partial charge is 0.143 e. The number of Topliss-reactive ketones (excluding diaryl/α,β-unsaturated/α-hetero) is 1. The van der Waals surface area contributed by atoms with Crippen LogP contribution in [0.15, 0.2) is 4.99 Å². The zero-order valence-corrected chi connectivity index (χ0v) is 18.3. The minimum atomic E-state index is -0.437. The van der Waals surface area contributed by atoms with Gasteiger partial charge in [0.05, 0.1) is 12.0 Å². The van der Waals surface area contributed by atoms with Crippen LogP contribution in [0.1, 0.15) is 78.1 Å². The molecule has 0 bridgehead atoms. The molecule has 0 aliphatic heterocycles. The van der Waals surface area contributed by atoms with E-state index in [1.165, 1.54) is 38.5 Å². The van der Waals surface area contributed by atoms with Gasteiger partial charge in [0.2, 0.25) is 0 Å². The molecular weight excluding hydrogens is 348 g/mol. The van der Waals surface area contributed by atoms with Gasteiger partial charge >= 0.3 is 0 Å². The van der Waals surface area contributed by atoms with Crippen molar-refractivity contribution in [3.05, 3.63) is 0 Å². The monoisotopic (exact) mass is 388 g/mol. The lowest BCUT2D eigenvalue weighted by atomic mass is 9.49. The van der Waals surface area contributed by atoms with E-state index < -0.39 is 5.60 Å². The van der Waals surface area contributed by atoms with Crippen LogP contribution >= 0.6 is 0 Å². The van der Waals surface area contributed by atoms with Crippen molar-refractivity contribution in [3.8, 4) is 0 Å². The molecule has 4 saturated carbocycles. The van der Waals surface area contributed by atoms with Crippen LogP contribution < -0.4 is 5.32 Å². The topological polar surface area (TPSA) is 61.7 Å². The molecule has 2 N–H and O–H groups in total. The first-order valence-electron chi connectivity index (χ1n) is 11.7. The third kappa shape index (κ3) is 3.34. The van der Waals surface area contributed by atoms with E-state index in [-0.39, 0.29) is 11.3 Å². The Morgan fingerprint density at radius 1 is 1.04 bits per heavy atom. The second-order valence-electron chi connectivity index (χ2n) is 10.9. The Morgan fingerprint density at radius 2 is 1.79 bits per heavy atom. The van der Waals surface area contributed by atoms with Gasteiger partial charge in [0.25, 0.3) is 0 Å². The maximum absolute atomic E-state index is 13.1. The number of amidine groups is 1. The molecule has 8 unspecified atom stereocenters. The number of hydrogen-bond donors (Lipinski definition) is 2. The average Bonchev–Trinajstić information content (AvgIpc) is 3.02. The van der Waals surface area contributed by atoms with Crippen LogP contribution in [0.25, 0.3) is 0 Å². The molecule has 4 rings (SSSR count). The van der Waals surface area contributed by atoms with E-state index in [1.807, 2.05) is 14.0 Å². The Bertz CT molecular complexity index is 643. The summed E-state index contributed by atoms with van der Waals surface area (Å²) in [5.41, 5.74) is -0.244. The highest BCUT2D eigenvalue weighted by molar-refractivity contribution is 6.02. The van der Waals surface area contributed by atoms with E-state index >= 15 is 0 Å². The maximum Gasteiger partial charge on any atom is 0.143 e. The lowest BCUT2D eigenvalue weighted by molar-refractivity contribution is -0.131. The molecule has 0 spiro atoms. The van der Waals surface area contributed by atoms with Gasteiger partial charge in [-0.2, -0.15) is 0 Å². The zero-order chi connectivity index (χ0) is 20.1. The first-order valence-corrected chi connectivity index (χ1v) is 11.7. The molecule has 0 aromatic carbocycles. The van der Waals surface area contributed by atoms with Crippen LogP contribution in [0.3, 0.4) is 0 Å². The Balaban J connectivity index is 1.49. The molecule has 4 heteroatoms. The van der Waals surface area contributed by atoms with Crippen molar-refractivity contribution in [1.82, 2.24) is 5.32 Å². The van der Waals surface area contributed by atoms with Gasteiger partial charge < -0.3 is 10.4 Å². The SMILES string of the molecule is CN=C(CC(=O)C1CCC2C3CCC4CC(C)(O)CCC4C3CCC12C)NC. The number of rotatable bonds is 3. The summed E-state index contributed by atoms with van der Waals surface area (Å²) in [6.45, 7) is 4.47. The van der Waals surface area contributed by atoms with Gasteiger partial charge in [0.15, 0.2) is 0 Å².